The number of para-hydroxylation sites is 1. The van der Waals surface area contributed by atoms with E-state index in [-0.39, 0.29) is 0 Å². The van der Waals surface area contributed by atoms with Gasteiger partial charge in [0.15, 0.2) is 5.82 Å². The summed E-state index contributed by atoms with van der Waals surface area (Å²) in [7, 11) is 0. The van der Waals surface area contributed by atoms with Crippen LogP contribution in [0.2, 0.25) is 0 Å². The van der Waals surface area contributed by atoms with Gasteiger partial charge in [-0.2, -0.15) is 0 Å². The van der Waals surface area contributed by atoms with E-state index >= 15 is 0 Å². The van der Waals surface area contributed by atoms with Gasteiger partial charge in [0.1, 0.15) is 5.52 Å². The Morgan fingerprint density at radius 3 is 2.86 bits per heavy atom. The molecule has 0 spiro atoms. The van der Waals surface area contributed by atoms with Crippen LogP contribution in [0, 0.1) is 0 Å². The van der Waals surface area contributed by atoms with Gasteiger partial charge in [-0.25, -0.2) is 14.8 Å². The summed E-state index contributed by atoms with van der Waals surface area (Å²) in [6.45, 7) is 4.21. The Labute approximate surface area is 132 Å². The molecule has 0 aliphatic rings. The highest BCUT2D eigenvalue weighted by Crippen LogP contribution is 2.34. The van der Waals surface area contributed by atoms with Crippen molar-refractivity contribution in [1.29, 1.82) is 0 Å². The number of nitrogens with one attached hydrogen (secondary N) is 1. The molecular weight excluding hydrogens is 298 g/mol. The maximum Gasteiger partial charge on any atom is 0.412 e. The van der Waals surface area contributed by atoms with Crippen LogP contribution in [0.1, 0.15) is 25.3 Å². The van der Waals surface area contributed by atoms with Crippen LogP contribution in [0.25, 0.3) is 21.1 Å². The standard InChI is InChI=1S/C16H17N3O2S/c1-3-7-12-18-13-14(22-12)10-8-5-6-9-11(10)17-15(13)19-16(20)21-4-2/h5-6,8-9H,3-4,7H2,1-2H3,(H,17,19,20). The lowest BCUT2D eigenvalue weighted by Gasteiger charge is -2.07. The molecule has 0 atom stereocenters. The topological polar surface area (TPSA) is 64.1 Å². The lowest BCUT2D eigenvalue weighted by atomic mass is 10.2. The zero-order valence-corrected chi connectivity index (χ0v) is 13.4. The predicted molar refractivity (Wildman–Crippen MR) is 89.6 cm³/mol. The van der Waals surface area contributed by atoms with Gasteiger partial charge in [0, 0.05) is 5.39 Å². The number of pyridine rings is 1. The van der Waals surface area contributed by atoms with E-state index < -0.39 is 6.09 Å². The van der Waals surface area contributed by atoms with Crippen LogP contribution in [0.15, 0.2) is 24.3 Å². The molecule has 0 bridgehead atoms. The molecule has 0 radical (unpaired) electrons. The van der Waals surface area contributed by atoms with Crippen molar-refractivity contribution in [3.63, 3.8) is 0 Å². The Kier molecular flexibility index (Phi) is 4.20. The molecule has 0 unspecified atom stereocenters. The van der Waals surface area contributed by atoms with Gasteiger partial charge in [-0.15, -0.1) is 11.3 Å². The van der Waals surface area contributed by atoms with Crippen molar-refractivity contribution in [2.45, 2.75) is 26.7 Å². The number of hydrogen-bond donors (Lipinski definition) is 1. The highest BCUT2D eigenvalue weighted by molar-refractivity contribution is 7.19. The second-order valence-corrected chi connectivity index (χ2v) is 5.94. The molecule has 3 aromatic rings. The van der Waals surface area contributed by atoms with Crippen LogP contribution in [-0.4, -0.2) is 22.7 Å². The van der Waals surface area contributed by atoms with Crippen molar-refractivity contribution >= 4 is 44.4 Å². The maximum absolute atomic E-state index is 11.7. The van der Waals surface area contributed by atoms with Crippen molar-refractivity contribution in [2.24, 2.45) is 0 Å². The minimum Gasteiger partial charge on any atom is -0.450 e. The lowest BCUT2D eigenvalue weighted by molar-refractivity contribution is 0.168. The second-order valence-electron chi connectivity index (χ2n) is 4.86. The molecule has 0 fully saturated rings. The average Bonchev–Trinajstić information content (AvgIpc) is 2.92. The van der Waals surface area contributed by atoms with E-state index in [9.17, 15) is 4.79 Å². The Balaban J connectivity index is 2.17. The van der Waals surface area contributed by atoms with Crippen LogP contribution in [-0.2, 0) is 11.2 Å². The van der Waals surface area contributed by atoms with Crippen LogP contribution in [0.4, 0.5) is 10.6 Å². The third-order valence-electron chi connectivity index (χ3n) is 3.24. The Morgan fingerprint density at radius 1 is 1.27 bits per heavy atom. The van der Waals surface area contributed by atoms with E-state index in [0.717, 1.165) is 39.0 Å². The quantitative estimate of drug-likeness (QED) is 0.776. The van der Waals surface area contributed by atoms with E-state index in [1.165, 1.54) is 0 Å². The summed E-state index contributed by atoms with van der Waals surface area (Å²) in [5, 5.41) is 4.83. The molecule has 5 nitrogen and oxygen atoms in total. The van der Waals surface area contributed by atoms with Crippen LogP contribution >= 0.6 is 11.3 Å². The molecule has 0 saturated carbocycles. The number of fused-ring (bicyclic) bond motifs is 3. The number of thiazole rings is 1. The number of nitrogens with zero attached hydrogens (tertiary/aromatic N) is 2. The maximum atomic E-state index is 11.7. The molecule has 0 aliphatic carbocycles. The zero-order valence-electron chi connectivity index (χ0n) is 12.5. The normalized spacial score (nSPS) is 11.0. The molecule has 6 heteroatoms. The molecule has 3 rings (SSSR count). The number of hydrogen-bond acceptors (Lipinski definition) is 5. The number of anilines is 1. The van der Waals surface area contributed by atoms with E-state index in [1.807, 2.05) is 24.3 Å². The number of carbonyl (C=O) groups excluding carboxylic acids is 1. The zero-order chi connectivity index (χ0) is 15.5. The molecule has 2 heterocycles. The fraction of sp³-hybridized carbons (Fsp3) is 0.312. The summed E-state index contributed by atoms with van der Waals surface area (Å²) >= 11 is 1.66. The Bertz CT molecular complexity index is 829. The molecule has 0 aliphatic heterocycles. The average molecular weight is 315 g/mol. The lowest BCUT2D eigenvalue weighted by Crippen LogP contribution is -2.14. The van der Waals surface area contributed by atoms with Gasteiger partial charge >= 0.3 is 6.09 Å². The van der Waals surface area contributed by atoms with Crippen LogP contribution < -0.4 is 5.32 Å². The van der Waals surface area contributed by atoms with Gasteiger partial charge in [-0.1, -0.05) is 25.1 Å². The van der Waals surface area contributed by atoms with Gasteiger partial charge in [-0.05, 0) is 25.8 Å². The summed E-state index contributed by atoms with van der Waals surface area (Å²) in [4.78, 5) is 20.9. The summed E-state index contributed by atoms with van der Waals surface area (Å²) in [6, 6.07) is 7.89. The molecule has 114 valence electrons. The first-order valence-electron chi connectivity index (χ1n) is 7.34. The van der Waals surface area contributed by atoms with Crippen molar-refractivity contribution in [3.8, 4) is 0 Å². The number of benzene rings is 1. The molecular formula is C16H17N3O2S. The molecule has 1 aromatic carbocycles. The summed E-state index contributed by atoms with van der Waals surface area (Å²) < 4.78 is 6.00. The van der Waals surface area contributed by atoms with E-state index in [4.69, 9.17) is 4.74 Å². The van der Waals surface area contributed by atoms with Gasteiger partial charge in [-0.3, -0.25) is 5.32 Å². The summed E-state index contributed by atoms with van der Waals surface area (Å²) in [5.41, 5.74) is 1.58. The Morgan fingerprint density at radius 2 is 2.09 bits per heavy atom. The van der Waals surface area contributed by atoms with Crippen molar-refractivity contribution in [3.05, 3.63) is 29.3 Å². The summed E-state index contributed by atoms with van der Waals surface area (Å²) in [6.07, 6.45) is 1.45. The number of rotatable bonds is 4. The van der Waals surface area contributed by atoms with Crippen molar-refractivity contribution in [1.82, 2.24) is 9.97 Å². The summed E-state index contributed by atoms with van der Waals surface area (Å²) in [5.74, 6) is 0.464. The van der Waals surface area contributed by atoms with E-state index in [0.29, 0.717) is 12.4 Å². The minimum atomic E-state index is -0.503. The van der Waals surface area contributed by atoms with Gasteiger partial charge in [0.2, 0.25) is 0 Å². The molecule has 22 heavy (non-hydrogen) atoms. The van der Waals surface area contributed by atoms with Gasteiger partial charge in [0.25, 0.3) is 0 Å². The first-order chi connectivity index (χ1) is 10.7. The minimum absolute atomic E-state index is 0.320. The number of aromatic nitrogens is 2. The fourth-order valence-electron chi connectivity index (χ4n) is 2.32. The molecule has 0 saturated heterocycles. The second kappa shape index (κ2) is 6.27. The van der Waals surface area contributed by atoms with Crippen molar-refractivity contribution < 1.29 is 9.53 Å². The number of ether oxygens (including phenoxy) is 1. The molecule has 1 amide bonds. The number of aryl methyl sites for hydroxylation is 1. The number of amides is 1. The SMILES string of the molecule is CCCc1nc2c(NC(=O)OCC)nc3ccccc3c2s1. The monoisotopic (exact) mass is 315 g/mol. The smallest absolute Gasteiger partial charge is 0.412 e. The van der Waals surface area contributed by atoms with E-state index in [1.54, 1.807) is 18.3 Å². The highest BCUT2D eigenvalue weighted by atomic mass is 32.1. The third-order valence-corrected chi connectivity index (χ3v) is 4.38. The third kappa shape index (κ3) is 2.74. The Hall–Kier alpha value is -2.21. The van der Waals surface area contributed by atoms with E-state index in [2.05, 4.69) is 22.2 Å². The van der Waals surface area contributed by atoms with Gasteiger partial charge < -0.3 is 4.74 Å². The fourth-order valence-corrected chi connectivity index (χ4v) is 3.52. The first kappa shape index (κ1) is 14.7. The predicted octanol–water partition coefficient (Wildman–Crippen LogP) is 4.37. The van der Waals surface area contributed by atoms with Gasteiger partial charge in [0.05, 0.1) is 21.8 Å². The highest BCUT2D eigenvalue weighted by Gasteiger charge is 2.15. The first-order valence-corrected chi connectivity index (χ1v) is 8.16. The van der Waals surface area contributed by atoms with Crippen LogP contribution in [0.3, 0.4) is 0 Å². The van der Waals surface area contributed by atoms with Crippen LogP contribution in [0.5, 0.6) is 0 Å². The van der Waals surface area contributed by atoms with Crippen molar-refractivity contribution in [2.75, 3.05) is 11.9 Å². The molecule has 2 aromatic heterocycles. The molecule has 1 N–H and O–H groups in total. The largest absolute Gasteiger partial charge is 0.450 e. The number of carbonyl (C=O) groups is 1.